The second-order valence-corrected chi connectivity index (χ2v) is 10.4. The second-order valence-electron chi connectivity index (χ2n) is 8.19. The van der Waals surface area contributed by atoms with Gasteiger partial charge in [-0.05, 0) is 20.3 Å². The lowest BCUT2D eigenvalue weighted by Gasteiger charge is -2.15. The Morgan fingerprint density at radius 1 is 1.37 bits per heavy atom. The summed E-state index contributed by atoms with van der Waals surface area (Å²) in [5, 5.41) is 11.4. The van der Waals surface area contributed by atoms with Crippen LogP contribution in [-0.4, -0.2) is 40.8 Å². The molecule has 0 bridgehead atoms. The summed E-state index contributed by atoms with van der Waals surface area (Å²) in [5.74, 6) is 1.12. The molecule has 1 aliphatic heterocycles. The quantitative estimate of drug-likeness (QED) is 0.853. The van der Waals surface area contributed by atoms with Crippen molar-refractivity contribution in [2.45, 2.75) is 58.9 Å². The lowest BCUT2D eigenvalue weighted by atomic mass is 9.92. The number of carbonyl (C=O) groups excluding carboxylic acids is 1. The van der Waals surface area contributed by atoms with Gasteiger partial charge in [-0.15, -0.1) is 0 Å². The molecule has 1 amide bonds. The van der Waals surface area contributed by atoms with Gasteiger partial charge in [-0.1, -0.05) is 25.9 Å². The number of carbonyl (C=O) groups is 1. The van der Waals surface area contributed by atoms with E-state index in [1.165, 1.54) is 0 Å². The first kappa shape index (κ1) is 19.6. The average molecular weight is 394 g/mol. The molecule has 1 saturated heterocycles. The third kappa shape index (κ3) is 4.23. The summed E-state index contributed by atoms with van der Waals surface area (Å²) in [6.45, 7) is 9.65. The molecule has 8 nitrogen and oxygen atoms in total. The van der Waals surface area contributed by atoms with Gasteiger partial charge in [0.15, 0.2) is 9.84 Å². The van der Waals surface area contributed by atoms with Crippen LogP contribution in [0.25, 0.3) is 0 Å². The first-order valence-corrected chi connectivity index (χ1v) is 10.8. The number of hydrogen-bond acceptors (Lipinski definition) is 6. The molecule has 9 heteroatoms. The van der Waals surface area contributed by atoms with Gasteiger partial charge in [0.25, 0.3) is 0 Å². The van der Waals surface area contributed by atoms with Crippen molar-refractivity contribution in [1.29, 1.82) is 0 Å². The van der Waals surface area contributed by atoms with E-state index in [1.54, 1.807) is 18.5 Å². The highest BCUT2D eigenvalue weighted by Crippen LogP contribution is 2.31. The predicted octanol–water partition coefficient (Wildman–Crippen LogP) is 2.33. The summed E-state index contributed by atoms with van der Waals surface area (Å²) in [7, 11) is -3.06. The maximum Gasteiger partial charge on any atom is 0.230 e. The SMILES string of the molecule is Cc1noc(C)c1CC(=O)Nc1cc(C(C)(C)C)nn1C1CCS(=O)(=O)C1. The molecule has 1 N–H and O–H groups in total. The standard InChI is InChI=1S/C18H26N4O4S/c1-11-14(12(2)26-21-11)8-17(23)19-16-9-15(18(3,4)5)20-22(16)13-6-7-27(24,25)10-13/h9,13H,6-8,10H2,1-5H3,(H,19,23). The Morgan fingerprint density at radius 2 is 2.07 bits per heavy atom. The van der Waals surface area contributed by atoms with Crippen LogP contribution in [0.3, 0.4) is 0 Å². The Bertz CT molecular complexity index is 947. The van der Waals surface area contributed by atoms with E-state index in [-0.39, 0.29) is 35.3 Å². The van der Waals surface area contributed by atoms with E-state index in [2.05, 4.69) is 15.6 Å². The van der Waals surface area contributed by atoms with Crippen LogP contribution in [0, 0.1) is 13.8 Å². The van der Waals surface area contributed by atoms with Gasteiger partial charge in [0.2, 0.25) is 5.91 Å². The van der Waals surface area contributed by atoms with Crippen LogP contribution in [0.5, 0.6) is 0 Å². The minimum atomic E-state index is -3.06. The van der Waals surface area contributed by atoms with Crippen molar-refractivity contribution in [1.82, 2.24) is 14.9 Å². The smallest absolute Gasteiger partial charge is 0.230 e. The molecule has 2 aromatic rings. The van der Waals surface area contributed by atoms with Crippen molar-refractivity contribution in [3.63, 3.8) is 0 Å². The lowest BCUT2D eigenvalue weighted by Crippen LogP contribution is -2.21. The molecule has 1 aliphatic rings. The van der Waals surface area contributed by atoms with Gasteiger partial charge in [0.05, 0.1) is 35.4 Å². The summed E-state index contributed by atoms with van der Waals surface area (Å²) in [4.78, 5) is 12.6. The molecule has 0 spiro atoms. The van der Waals surface area contributed by atoms with Crippen LogP contribution < -0.4 is 5.32 Å². The summed E-state index contributed by atoms with van der Waals surface area (Å²) >= 11 is 0. The zero-order valence-electron chi connectivity index (χ0n) is 16.4. The number of hydrogen-bond donors (Lipinski definition) is 1. The van der Waals surface area contributed by atoms with Gasteiger partial charge in [-0.25, -0.2) is 13.1 Å². The van der Waals surface area contributed by atoms with E-state index in [4.69, 9.17) is 4.52 Å². The molecule has 1 atom stereocenters. The van der Waals surface area contributed by atoms with E-state index >= 15 is 0 Å². The molecule has 0 radical (unpaired) electrons. The van der Waals surface area contributed by atoms with E-state index < -0.39 is 9.84 Å². The van der Waals surface area contributed by atoms with Crippen LogP contribution in [0.2, 0.25) is 0 Å². The topological polar surface area (TPSA) is 107 Å². The summed E-state index contributed by atoms with van der Waals surface area (Å²) in [6.07, 6.45) is 0.639. The maximum absolute atomic E-state index is 12.6. The van der Waals surface area contributed by atoms with Crippen molar-refractivity contribution in [2.75, 3.05) is 16.8 Å². The summed E-state index contributed by atoms with van der Waals surface area (Å²) < 4.78 is 30.6. The fourth-order valence-corrected chi connectivity index (χ4v) is 4.89. The minimum absolute atomic E-state index is 0.0466. The second kappa shape index (κ2) is 6.78. The summed E-state index contributed by atoms with van der Waals surface area (Å²) in [6, 6.07) is 1.57. The number of nitrogens with zero attached hydrogens (tertiary/aromatic N) is 3. The van der Waals surface area contributed by atoms with Crippen molar-refractivity contribution < 1.29 is 17.7 Å². The molecular formula is C18H26N4O4S. The van der Waals surface area contributed by atoms with Gasteiger partial charge >= 0.3 is 0 Å². The third-order valence-corrected chi connectivity index (χ3v) is 6.59. The van der Waals surface area contributed by atoms with E-state index in [0.717, 1.165) is 11.3 Å². The van der Waals surface area contributed by atoms with Crippen molar-refractivity contribution in [2.24, 2.45) is 0 Å². The highest BCUT2D eigenvalue weighted by atomic mass is 32.2. The average Bonchev–Trinajstić information content (AvgIpc) is 3.20. The van der Waals surface area contributed by atoms with Gasteiger partial charge in [0.1, 0.15) is 11.6 Å². The number of amides is 1. The molecule has 1 unspecified atom stereocenters. The highest BCUT2D eigenvalue weighted by Gasteiger charge is 2.33. The van der Waals surface area contributed by atoms with Crippen LogP contribution in [0.4, 0.5) is 5.82 Å². The fourth-order valence-electron chi connectivity index (χ4n) is 3.20. The fraction of sp³-hybridized carbons (Fsp3) is 0.611. The normalized spacial score (nSPS) is 19.4. The number of sulfone groups is 1. The Balaban J connectivity index is 1.87. The van der Waals surface area contributed by atoms with E-state index in [0.29, 0.717) is 23.7 Å². The first-order valence-electron chi connectivity index (χ1n) is 8.98. The van der Waals surface area contributed by atoms with Gasteiger partial charge in [0, 0.05) is 17.0 Å². The Labute approximate surface area is 159 Å². The van der Waals surface area contributed by atoms with Gasteiger partial charge < -0.3 is 9.84 Å². The molecule has 0 saturated carbocycles. The van der Waals surface area contributed by atoms with Gasteiger partial charge in [-0.3, -0.25) is 4.79 Å². The molecule has 3 rings (SSSR count). The van der Waals surface area contributed by atoms with Crippen molar-refractivity contribution in [3.05, 3.63) is 28.8 Å². The lowest BCUT2D eigenvalue weighted by molar-refractivity contribution is -0.115. The van der Waals surface area contributed by atoms with Crippen LogP contribution in [0.15, 0.2) is 10.6 Å². The van der Waals surface area contributed by atoms with E-state index in [9.17, 15) is 13.2 Å². The van der Waals surface area contributed by atoms with Gasteiger partial charge in [-0.2, -0.15) is 5.10 Å². The van der Waals surface area contributed by atoms with Crippen molar-refractivity contribution in [3.8, 4) is 0 Å². The number of nitrogens with one attached hydrogen (secondary N) is 1. The zero-order valence-corrected chi connectivity index (χ0v) is 17.2. The molecule has 1 fully saturated rings. The molecule has 27 heavy (non-hydrogen) atoms. The van der Waals surface area contributed by atoms with Crippen molar-refractivity contribution >= 4 is 21.6 Å². The summed E-state index contributed by atoms with van der Waals surface area (Å²) in [5.41, 5.74) is 2.04. The molecule has 3 heterocycles. The molecule has 0 aliphatic carbocycles. The predicted molar refractivity (Wildman–Crippen MR) is 102 cm³/mol. The maximum atomic E-state index is 12.6. The Morgan fingerprint density at radius 3 is 2.59 bits per heavy atom. The number of anilines is 1. The number of rotatable bonds is 4. The third-order valence-electron chi connectivity index (χ3n) is 4.84. The molecular weight excluding hydrogens is 368 g/mol. The van der Waals surface area contributed by atoms with Crippen LogP contribution in [0.1, 0.15) is 55.9 Å². The Kier molecular flexibility index (Phi) is 4.92. The van der Waals surface area contributed by atoms with Crippen LogP contribution >= 0.6 is 0 Å². The zero-order chi connectivity index (χ0) is 20.0. The van der Waals surface area contributed by atoms with Crippen LogP contribution in [-0.2, 0) is 26.5 Å². The minimum Gasteiger partial charge on any atom is -0.361 e. The Hall–Kier alpha value is -2.16. The number of aromatic nitrogens is 3. The first-order chi connectivity index (χ1) is 12.5. The molecule has 148 valence electrons. The number of aryl methyl sites for hydroxylation is 2. The monoisotopic (exact) mass is 394 g/mol. The van der Waals surface area contributed by atoms with E-state index in [1.807, 2.05) is 26.8 Å². The largest absolute Gasteiger partial charge is 0.361 e. The highest BCUT2D eigenvalue weighted by molar-refractivity contribution is 7.91. The molecule has 2 aromatic heterocycles. The molecule has 0 aromatic carbocycles.